The lowest BCUT2D eigenvalue weighted by atomic mass is 10.1. The molecule has 6 rings (SSSR count). The Bertz CT molecular complexity index is 1540. The molecule has 0 atom stereocenters. The molecule has 332 valence electrons. The summed E-state index contributed by atoms with van der Waals surface area (Å²) in [5, 5.41) is 0. The third-order valence-corrected chi connectivity index (χ3v) is 9.56. The number of esters is 4. The van der Waals surface area contributed by atoms with Crippen molar-refractivity contribution in [2.24, 2.45) is 11.8 Å². The van der Waals surface area contributed by atoms with Crippen LogP contribution in [-0.4, -0.2) is 126 Å². The van der Waals surface area contributed by atoms with Gasteiger partial charge in [0.1, 0.15) is 24.4 Å². The number of rotatable bonds is 14. The fraction of sp³-hybridized carbons (Fsp3) is 0.636. The zero-order valence-electron chi connectivity index (χ0n) is 35.4. The van der Waals surface area contributed by atoms with Crippen LogP contribution in [0, 0.1) is 11.8 Å². The fourth-order valence-corrected chi connectivity index (χ4v) is 6.32. The number of carbonyl (C=O) groups excluding carboxylic acids is 4. The molecule has 4 heterocycles. The first kappa shape index (κ1) is 47.1. The molecule has 0 radical (unpaired) electrons. The Morgan fingerprint density at radius 2 is 0.717 bits per heavy atom. The summed E-state index contributed by atoms with van der Waals surface area (Å²) in [6, 6.07) is 12.5. The molecule has 60 heavy (non-hydrogen) atoms. The van der Waals surface area contributed by atoms with Gasteiger partial charge in [0.2, 0.25) is 0 Å². The minimum atomic E-state index is -0.547. The van der Waals surface area contributed by atoms with Gasteiger partial charge in [-0.05, 0) is 49.2 Å². The molecule has 0 amide bonds. The lowest BCUT2D eigenvalue weighted by Gasteiger charge is -2.31. The van der Waals surface area contributed by atoms with Crippen molar-refractivity contribution in [3.63, 3.8) is 0 Å². The van der Waals surface area contributed by atoms with E-state index in [1.165, 1.54) is 12.1 Å². The Hall–Kier alpha value is -4.00. The maximum Gasteiger partial charge on any atom is 0.338 e. The van der Waals surface area contributed by atoms with Gasteiger partial charge >= 0.3 is 23.9 Å². The normalized spacial score (nSPS) is 26.9. The second-order valence-corrected chi connectivity index (χ2v) is 15.6. The van der Waals surface area contributed by atoms with Crippen LogP contribution in [0.15, 0.2) is 48.5 Å². The van der Waals surface area contributed by atoms with Crippen LogP contribution in [0.25, 0.3) is 0 Å². The van der Waals surface area contributed by atoms with Crippen LogP contribution >= 0.6 is 0 Å². The third kappa shape index (κ3) is 14.6. The minimum Gasteiger partial charge on any atom is -0.454 e. The van der Waals surface area contributed by atoms with Crippen LogP contribution in [0.4, 0.5) is 0 Å². The molecule has 0 N–H and O–H groups in total. The number of hydrogen-bond acceptors (Lipinski definition) is 16. The average Bonchev–Trinajstić information content (AvgIpc) is 3.26. The topological polar surface area (TPSA) is 179 Å². The van der Waals surface area contributed by atoms with E-state index in [-0.39, 0.29) is 85.7 Å². The first-order chi connectivity index (χ1) is 28.9. The zero-order valence-corrected chi connectivity index (χ0v) is 35.4. The minimum absolute atomic E-state index is 0.223. The molecule has 0 aromatic heterocycles. The molecule has 4 aliphatic heterocycles. The lowest BCUT2D eigenvalue weighted by Crippen LogP contribution is -2.40. The first-order valence-corrected chi connectivity index (χ1v) is 20.9. The molecule has 16 nitrogen and oxygen atoms in total. The standard InChI is InChI=1S/2C22H30O8/c1-13(2)21-25-9-17(10-26-21)29-19(23)15-6-5-7-16(8-15)20(24)30-18-11-27-22(14(3)4)28-12-18;1-3-6-19-25-11-17(12-26-19)29-21(23)15-8-5-9-16(10-15)22(24)30-18-13-27-20(7-4-2)28-14-18/h5-8,13-14,17-18,21-22H,9-12H2,1-4H3;5,8-10,17-20H,3-4,6-7,11-14H2,1-2H3. The van der Waals surface area contributed by atoms with Crippen LogP contribution in [-0.2, 0) is 56.8 Å². The summed E-state index contributed by atoms with van der Waals surface area (Å²) in [4.78, 5) is 49.8. The molecular weight excluding hydrogens is 784 g/mol. The van der Waals surface area contributed by atoms with Gasteiger partial charge in [-0.15, -0.1) is 0 Å². The second-order valence-electron chi connectivity index (χ2n) is 15.6. The fourth-order valence-electron chi connectivity index (χ4n) is 6.32. The number of benzene rings is 2. The van der Waals surface area contributed by atoms with Crippen molar-refractivity contribution in [3.05, 3.63) is 70.8 Å². The molecule has 0 saturated carbocycles. The molecule has 0 spiro atoms. The van der Waals surface area contributed by atoms with Crippen LogP contribution in [0.5, 0.6) is 0 Å². The van der Waals surface area contributed by atoms with Gasteiger partial charge in [0.15, 0.2) is 25.2 Å². The molecule has 16 heteroatoms. The molecule has 2 aromatic carbocycles. The van der Waals surface area contributed by atoms with Gasteiger partial charge in [-0.1, -0.05) is 66.5 Å². The highest BCUT2D eigenvalue weighted by Gasteiger charge is 2.31. The predicted octanol–water partition coefficient (Wildman–Crippen LogP) is 5.88. The molecule has 4 fully saturated rings. The van der Waals surface area contributed by atoms with Crippen molar-refractivity contribution in [2.75, 3.05) is 52.9 Å². The van der Waals surface area contributed by atoms with Crippen LogP contribution < -0.4 is 0 Å². The van der Waals surface area contributed by atoms with Crippen molar-refractivity contribution >= 4 is 23.9 Å². The van der Waals surface area contributed by atoms with E-state index in [4.69, 9.17) is 56.8 Å². The van der Waals surface area contributed by atoms with Crippen molar-refractivity contribution in [2.45, 2.75) is 117 Å². The highest BCUT2D eigenvalue weighted by molar-refractivity contribution is 5.96. The van der Waals surface area contributed by atoms with E-state index in [1.807, 2.05) is 41.5 Å². The van der Waals surface area contributed by atoms with E-state index in [0.717, 1.165) is 25.7 Å². The van der Waals surface area contributed by atoms with Gasteiger partial charge in [-0.2, -0.15) is 0 Å². The average molecular weight is 845 g/mol. The lowest BCUT2D eigenvalue weighted by molar-refractivity contribution is -0.232. The van der Waals surface area contributed by atoms with Crippen LogP contribution in [0.1, 0.15) is 109 Å². The number of carbonyl (C=O) groups is 4. The van der Waals surface area contributed by atoms with Gasteiger partial charge in [-0.3, -0.25) is 0 Å². The summed E-state index contributed by atoms with van der Waals surface area (Å²) in [6.07, 6.45) is 0.518. The molecule has 4 saturated heterocycles. The summed E-state index contributed by atoms with van der Waals surface area (Å²) >= 11 is 0. The van der Waals surface area contributed by atoms with Gasteiger partial charge in [-0.25, -0.2) is 19.2 Å². The van der Waals surface area contributed by atoms with Crippen LogP contribution in [0.3, 0.4) is 0 Å². The van der Waals surface area contributed by atoms with E-state index < -0.39 is 48.3 Å². The van der Waals surface area contributed by atoms with Gasteiger partial charge in [0.25, 0.3) is 0 Å². The Balaban J connectivity index is 0.000000228. The summed E-state index contributed by atoms with van der Waals surface area (Å²) in [7, 11) is 0. The first-order valence-electron chi connectivity index (χ1n) is 20.9. The second kappa shape index (κ2) is 23.9. The Morgan fingerprint density at radius 3 is 0.950 bits per heavy atom. The molecule has 2 aromatic rings. The summed E-state index contributed by atoms with van der Waals surface area (Å²) in [6.45, 7) is 14.3. The van der Waals surface area contributed by atoms with Gasteiger partial charge in [0.05, 0.1) is 75.1 Å². The summed E-state index contributed by atoms with van der Waals surface area (Å²) < 4.78 is 66.2. The Labute approximate surface area is 351 Å². The third-order valence-electron chi connectivity index (χ3n) is 9.56. The van der Waals surface area contributed by atoms with E-state index in [2.05, 4.69) is 0 Å². The predicted molar refractivity (Wildman–Crippen MR) is 212 cm³/mol. The van der Waals surface area contributed by atoms with Crippen molar-refractivity contribution in [3.8, 4) is 0 Å². The number of ether oxygens (including phenoxy) is 12. The molecule has 0 aliphatic carbocycles. The highest BCUT2D eigenvalue weighted by atomic mass is 16.7. The monoisotopic (exact) mass is 844 g/mol. The van der Waals surface area contributed by atoms with Crippen LogP contribution in [0.2, 0.25) is 0 Å². The van der Waals surface area contributed by atoms with Crippen molar-refractivity contribution < 1.29 is 76.0 Å². The van der Waals surface area contributed by atoms with E-state index in [0.29, 0.717) is 26.4 Å². The highest BCUT2D eigenvalue weighted by Crippen LogP contribution is 2.21. The molecule has 4 aliphatic rings. The molecule has 0 unspecified atom stereocenters. The van der Waals surface area contributed by atoms with E-state index in [1.54, 1.807) is 36.4 Å². The SMILES string of the molecule is CC(C)C1OCC(OC(=O)c2cccc(C(=O)OC3COC(C(C)C)OC3)c2)CO1.CCCC1OCC(OC(=O)c2cccc(C(=O)OC3COC(CCC)OC3)c2)CO1. The Morgan fingerprint density at radius 1 is 0.467 bits per heavy atom. The smallest absolute Gasteiger partial charge is 0.338 e. The largest absolute Gasteiger partial charge is 0.454 e. The van der Waals surface area contributed by atoms with Gasteiger partial charge in [0, 0.05) is 11.8 Å². The number of hydrogen-bond donors (Lipinski definition) is 0. The molecule has 0 bridgehead atoms. The molecular formula is C44H60O16. The van der Waals surface area contributed by atoms with Crippen molar-refractivity contribution in [1.29, 1.82) is 0 Å². The Kier molecular flexibility index (Phi) is 18.7. The summed E-state index contributed by atoms with van der Waals surface area (Å²) in [5.41, 5.74) is 1.04. The quantitative estimate of drug-likeness (QED) is 0.162. The van der Waals surface area contributed by atoms with E-state index >= 15 is 0 Å². The van der Waals surface area contributed by atoms with E-state index in [9.17, 15) is 19.2 Å². The maximum absolute atomic E-state index is 12.5. The summed E-state index contributed by atoms with van der Waals surface area (Å²) in [5.74, 6) is -1.73. The van der Waals surface area contributed by atoms with Gasteiger partial charge < -0.3 is 56.8 Å². The maximum atomic E-state index is 12.5. The zero-order chi connectivity index (χ0) is 43.0. The van der Waals surface area contributed by atoms with Crippen molar-refractivity contribution in [1.82, 2.24) is 0 Å².